The van der Waals surface area contributed by atoms with Crippen molar-refractivity contribution in [1.29, 1.82) is 0 Å². The van der Waals surface area contributed by atoms with E-state index in [1.54, 1.807) is 12.1 Å². The maximum absolute atomic E-state index is 13.4. The van der Waals surface area contributed by atoms with Crippen LogP contribution in [-0.4, -0.2) is 17.0 Å². The number of aliphatic hydroxyl groups is 1. The second kappa shape index (κ2) is 4.63. The molecule has 0 aromatic heterocycles. The van der Waals surface area contributed by atoms with Crippen molar-refractivity contribution in [1.82, 2.24) is 0 Å². The molecule has 0 bridgehead atoms. The monoisotopic (exact) mass is 286 g/mol. The molecule has 86 valence electrons. The molecular weight excluding hydrogens is 275 g/mol. The van der Waals surface area contributed by atoms with Gasteiger partial charge in [0.25, 0.3) is 0 Å². The lowest BCUT2D eigenvalue weighted by atomic mass is 10.0. The van der Waals surface area contributed by atoms with Gasteiger partial charge in [0.2, 0.25) is 0 Å². The molecule has 4 heteroatoms. The molecule has 1 aromatic carbocycles. The van der Waals surface area contributed by atoms with Crippen LogP contribution in [0.25, 0.3) is 0 Å². The Morgan fingerprint density at radius 2 is 2.25 bits per heavy atom. The number of rotatable bonds is 4. The molecule has 0 spiro atoms. The topological polar surface area (TPSA) is 37.3 Å². The number of carbonyl (C=O) groups is 1. The van der Waals surface area contributed by atoms with Gasteiger partial charge in [-0.05, 0) is 36.5 Å². The quantitative estimate of drug-likeness (QED) is 0.923. The van der Waals surface area contributed by atoms with Crippen molar-refractivity contribution in [3.05, 3.63) is 34.1 Å². The van der Waals surface area contributed by atoms with Gasteiger partial charge < -0.3 is 5.11 Å². The summed E-state index contributed by atoms with van der Waals surface area (Å²) in [5.74, 6) is -0.597. The van der Waals surface area contributed by atoms with Crippen molar-refractivity contribution in [2.45, 2.75) is 25.4 Å². The summed E-state index contributed by atoms with van der Waals surface area (Å²) in [4.78, 5) is 11.6. The van der Waals surface area contributed by atoms with Crippen LogP contribution in [-0.2, 0) is 11.2 Å². The molecule has 2 rings (SSSR count). The Morgan fingerprint density at radius 3 is 2.81 bits per heavy atom. The maximum atomic E-state index is 13.4. The zero-order chi connectivity index (χ0) is 11.7. The molecule has 1 unspecified atom stereocenters. The molecule has 1 saturated carbocycles. The zero-order valence-electron chi connectivity index (χ0n) is 8.62. The molecule has 0 heterocycles. The highest BCUT2D eigenvalue weighted by Gasteiger charge is 2.34. The zero-order valence-corrected chi connectivity index (χ0v) is 10.2. The fourth-order valence-corrected chi connectivity index (χ4v) is 1.97. The molecule has 1 N–H and O–H groups in total. The summed E-state index contributed by atoms with van der Waals surface area (Å²) in [5.41, 5.74) is 0.341. The number of benzene rings is 1. The van der Waals surface area contributed by atoms with Crippen LogP contribution in [0.15, 0.2) is 22.7 Å². The van der Waals surface area contributed by atoms with Crippen LogP contribution in [0.1, 0.15) is 18.4 Å². The summed E-state index contributed by atoms with van der Waals surface area (Å²) in [6.07, 6.45) is 0.852. The molecule has 1 aromatic rings. The minimum atomic E-state index is -0.914. The third-order valence-corrected chi connectivity index (χ3v) is 3.27. The SMILES string of the molecule is O=C(Cc1ccc(Br)cc1F)C(O)C1CC1. The number of aliphatic hydroxyl groups excluding tert-OH is 1. The summed E-state index contributed by atoms with van der Waals surface area (Å²) < 4.78 is 14.1. The van der Waals surface area contributed by atoms with Crippen molar-refractivity contribution in [3.8, 4) is 0 Å². The molecule has 1 aliphatic rings. The average Bonchev–Trinajstić information content (AvgIpc) is 3.04. The fraction of sp³-hybridized carbons (Fsp3) is 0.417. The highest BCUT2D eigenvalue weighted by Crippen LogP contribution is 2.33. The molecule has 1 fully saturated rings. The number of ketones is 1. The summed E-state index contributed by atoms with van der Waals surface area (Å²) in [5, 5.41) is 9.58. The predicted octanol–water partition coefficient (Wildman–Crippen LogP) is 2.47. The molecule has 16 heavy (non-hydrogen) atoms. The summed E-state index contributed by atoms with van der Waals surface area (Å²) >= 11 is 3.15. The second-order valence-corrected chi connectivity index (χ2v) is 5.08. The van der Waals surface area contributed by atoms with Crippen LogP contribution in [0.4, 0.5) is 4.39 Å². The first kappa shape index (κ1) is 11.7. The first-order valence-electron chi connectivity index (χ1n) is 5.22. The number of halogens is 2. The number of Topliss-reactive ketones (excluding diaryl/α,β-unsaturated/α-hetero) is 1. The standard InChI is InChI=1S/C12H12BrFO2/c13-9-4-3-8(10(14)6-9)5-11(15)12(16)7-1-2-7/h3-4,6-7,12,16H,1-2,5H2. The van der Waals surface area contributed by atoms with Gasteiger partial charge in [-0.15, -0.1) is 0 Å². The highest BCUT2D eigenvalue weighted by molar-refractivity contribution is 9.10. The van der Waals surface area contributed by atoms with E-state index in [4.69, 9.17) is 0 Å². The van der Waals surface area contributed by atoms with Crippen LogP contribution in [0.3, 0.4) is 0 Å². The Bertz CT molecular complexity index is 415. The van der Waals surface area contributed by atoms with E-state index in [2.05, 4.69) is 15.9 Å². The van der Waals surface area contributed by atoms with Crippen molar-refractivity contribution in [3.63, 3.8) is 0 Å². The third-order valence-electron chi connectivity index (χ3n) is 2.78. The van der Waals surface area contributed by atoms with Crippen molar-refractivity contribution in [2.75, 3.05) is 0 Å². The molecule has 1 atom stereocenters. The Hall–Kier alpha value is -0.740. The lowest BCUT2D eigenvalue weighted by Gasteiger charge is -2.08. The minimum Gasteiger partial charge on any atom is -0.385 e. The molecule has 0 radical (unpaired) electrons. The first-order valence-corrected chi connectivity index (χ1v) is 6.02. The maximum Gasteiger partial charge on any atom is 0.166 e. The largest absolute Gasteiger partial charge is 0.385 e. The Labute approximate surface area is 102 Å². The Balaban J connectivity index is 2.05. The van der Waals surface area contributed by atoms with Crippen LogP contribution in [0.5, 0.6) is 0 Å². The van der Waals surface area contributed by atoms with Gasteiger partial charge in [0.05, 0.1) is 0 Å². The molecule has 0 aliphatic heterocycles. The van der Waals surface area contributed by atoms with Gasteiger partial charge in [0.15, 0.2) is 5.78 Å². The van der Waals surface area contributed by atoms with E-state index < -0.39 is 11.9 Å². The summed E-state index contributed by atoms with van der Waals surface area (Å²) in [6.45, 7) is 0. The van der Waals surface area contributed by atoms with Gasteiger partial charge in [-0.2, -0.15) is 0 Å². The highest BCUT2D eigenvalue weighted by atomic mass is 79.9. The van der Waals surface area contributed by atoms with Gasteiger partial charge in [0, 0.05) is 10.9 Å². The van der Waals surface area contributed by atoms with E-state index in [1.165, 1.54) is 6.07 Å². The van der Waals surface area contributed by atoms with Crippen LogP contribution in [0, 0.1) is 11.7 Å². The minimum absolute atomic E-state index is 0.0310. The Kier molecular flexibility index (Phi) is 3.40. The lowest BCUT2D eigenvalue weighted by Crippen LogP contribution is -2.24. The fourth-order valence-electron chi connectivity index (χ4n) is 1.63. The van der Waals surface area contributed by atoms with E-state index >= 15 is 0 Å². The van der Waals surface area contributed by atoms with Crippen molar-refractivity contribution < 1.29 is 14.3 Å². The first-order chi connectivity index (χ1) is 7.58. The smallest absolute Gasteiger partial charge is 0.166 e. The molecule has 0 saturated heterocycles. The van der Waals surface area contributed by atoms with E-state index in [9.17, 15) is 14.3 Å². The van der Waals surface area contributed by atoms with Gasteiger partial charge in [-0.1, -0.05) is 22.0 Å². The molecular formula is C12H12BrFO2. The number of hydrogen-bond donors (Lipinski definition) is 1. The van der Waals surface area contributed by atoms with Crippen LogP contribution in [0.2, 0.25) is 0 Å². The van der Waals surface area contributed by atoms with Gasteiger partial charge >= 0.3 is 0 Å². The van der Waals surface area contributed by atoms with E-state index in [1.807, 2.05) is 0 Å². The summed E-state index contributed by atoms with van der Waals surface area (Å²) in [7, 11) is 0. The normalized spacial score (nSPS) is 17.2. The molecule has 2 nitrogen and oxygen atoms in total. The second-order valence-electron chi connectivity index (χ2n) is 4.16. The van der Waals surface area contributed by atoms with Crippen LogP contribution >= 0.6 is 15.9 Å². The van der Waals surface area contributed by atoms with Crippen LogP contribution < -0.4 is 0 Å². The van der Waals surface area contributed by atoms with E-state index in [0.29, 0.717) is 10.0 Å². The molecule has 1 aliphatic carbocycles. The van der Waals surface area contributed by atoms with E-state index in [-0.39, 0.29) is 18.1 Å². The van der Waals surface area contributed by atoms with Crippen molar-refractivity contribution in [2.24, 2.45) is 5.92 Å². The van der Waals surface area contributed by atoms with Crippen molar-refractivity contribution >= 4 is 21.7 Å². The van der Waals surface area contributed by atoms with Gasteiger partial charge in [-0.25, -0.2) is 4.39 Å². The molecule has 0 amide bonds. The van der Waals surface area contributed by atoms with Gasteiger partial charge in [-0.3, -0.25) is 4.79 Å². The lowest BCUT2D eigenvalue weighted by molar-refractivity contribution is -0.127. The van der Waals surface area contributed by atoms with Gasteiger partial charge in [0.1, 0.15) is 11.9 Å². The van der Waals surface area contributed by atoms with E-state index in [0.717, 1.165) is 12.8 Å². The number of carbonyl (C=O) groups excluding carboxylic acids is 1. The summed E-state index contributed by atoms with van der Waals surface area (Å²) in [6, 6.07) is 4.58. The average molecular weight is 287 g/mol. The third kappa shape index (κ3) is 2.68. The Morgan fingerprint density at radius 1 is 1.56 bits per heavy atom. The predicted molar refractivity (Wildman–Crippen MR) is 61.5 cm³/mol. The number of hydrogen-bond acceptors (Lipinski definition) is 2.